The highest BCUT2D eigenvalue weighted by atomic mass is 19.5. The number of hydrogen-bond acceptors (Lipinski definition) is 3. The summed E-state index contributed by atoms with van der Waals surface area (Å²) in [5, 5.41) is 22.7. The topological polar surface area (TPSA) is 97.2 Å². The highest BCUT2D eigenvalue weighted by Crippen LogP contribution is 2.06. The van der Waals surface area contributed by atoms with Gasteiger partial charge in [0.1, 0.15) is 0 Å². The molecule has 4 nitrogen and oxygen atoms in total. The average Bonchev–Trinajstić information content (AvgIpc) is 1.86. The van der Waals surface area contributed by atoms with Crippen molar-refractivity contribution in [3.05, 3.63) is 0 Å². The third-order valence-corrected chi connectivity index (χ3v) is 0. The first kappa shape index (κ1) is 29.3. The molecule has 100 valence electrons. The van der Waals surface area contributed by atoms with Gasteiger partial charge in [0.05, 0.1) is 0 Å². The van der Waals surface area contributed by atoms with Crippen LogP contribution in [0.25, 0.3) is 0 Å². The summed E-state index contributed by atoms with van der Waals surface area (Å²) >= 11 is 0. The van der Waals surface area contributed by atoms with Gasteiger partial charge in [-0.3, -0.25) is 0 Å². The van der Waals surface area contributed by atoms with Crippen molar-refractivity contribution in [1.29, 1.82) is 0 Å². The molecule has 0 fully saturated rings. The van der Waals surface area contributed by atoms with E-state index in [1.165, 1.54) is 0 Å². The Bertz CT molecular complexity index is 67.1. The van der Waals surface area contributed by atoms with Gasteiger partial charge in [-0.05, 0) is 20.8 Å². The van der Waals surface area contributed by atoms with Crippen LogP contribution in [-0.4, -0.2) is 42.4 Å². The first-order valence-electron chi connectivity index (χ1n) is 3.94. The molecule has 0 aromatic carbocycles. The van der Waals surface area contributed by atoms with E-state index in [9.17, 15) is 17.3 Å². The van der Waals surface area contributed by atoms with Gasteiger partial charge in [0, 0.05) is 19.8 Å². The third kappa shape index (κ3) is 13100. The Morgan fingerprint density at radius 2 is 0.733 bits per heavy atom. The number of rotatable bonds is 0. The SMILES string of the molecule is CCO.CCO.CCO.F[B-](F)(F)F.[NH4+]. The lowest BCUT2D eigenvalue weighted by Gasteiger charge is -1.94. The van der Waals surface area contributed by atoms with Gasteiger partial charge in [-0.15, -0.1) is 0 Å². The molecule has 0 unspecified atom stereocenters. The van der Waals surface area contributed by atoms with E-state index in [0.29, 0.717) is 0 Å². The lowest BCUT2D eigenvalue weighted by atomic mass is 10.3. The summed E-state index contributed by atoms with van der Waals surface area (Å²) < 4.78 is 39.0. The van der Waals surface area contributed by atoms with Crippen molar-refractivity contribution in [2.45, 2.75) is 20.8 Å². The molecule has 0 radical (unpaired) electrons. The monoisotopic (exact) mass is 243 g/mol. The Kier molecular flexibility index (Phi) is 57.0. The molecule has 0 aliphatic heterocycles. The number of aliphatic hydroxyl groups is 3. The summed E-state index contributed by atoms with van der Waals surface area (Å²) in [4.78, 5) is 0. The Morgan fingerprint density at radius 1 is 0.733 bits per heavy atom. The van der Waals surface area contributed by atoms with Crippen LogP contribution < -0.4 is 6.15 Å². The molecule has 0 aromatic heterocycles. The molecule has 7 N–H and O–H groups in total. The van der Waals surface area contributed by atoms with Crippen molar-refractivity contribution >= 4 is 7.25 Å². The highest BCUT2D eigenvalue weighted by Gasteiger charge is 2.20. The second kappa shape index (κ2) is 29.2. The zero-order valence-corrected chi connectivity index (χ0v) is 9.55. The molecule has 0 amide bonds. The van der Waals surface area contributed by atoms with E-state index in [-0.39, 0.29) is 26.0 Å². The van der Waals surface area contributed by atoms with Crippen LogP contribution in [0.3, 0.4) is 0 Å². The molecular weight excluding hydrogens is 221 g/mol. The predicted molar refractivity (Wildman–Crippen MR) is 54.5 cm³/mol. The summed E-state index contributed by atoms with van der Waals surface area (Å²) in [6.45, 7) is 5.79. The molecule has 0 atom stereocenters. The average molecular weight is 243 g/mol. The molecule has 0 bridgehead atoms. The van der Waals surface area contributed by atoms with E-state index in [1.54, 1.807) is 20.8 Å². The molecule has 0 rings (SSSR count). The third-order valence-electron chi connectivity index (χ3n) is 0. The first-order chi connectivity index (χ1) is 6.24. The molecular formula is C6H22BF4NO3. The fourth-order valence-corrected chi connectivity index (χ4v) is 0. The Balaban J connectivity index is -0.0000000300. The van der Waals surface area contributed by atoms with Gasteiger partial charge in [-0.2, -0.15) is 0 Å². The van der Waals surface area contributed by atoms with E-state index < -0.39 is 7.25 Å². The van der Waals surface area contributed by atoms with Gasteiger partial charge in [0.2, 0.25) is 0 Å². The molecule has 0 saturated heterocycles. The van der Waals surface area contributed by atoms with Gasteiger partial charge in [0.25, 0.3) is 0 Å². The van der Waals surface area contributed by atoms with Gasteiger partial charge >= 0.3 is 7.25 Å². The smallest absolute Gasteiger partial charge is 0.418 e. The zero-order chi connectivity index (χ0) is 12.6. The van der Waals surface area contributed by atoms with Crippen LogP contribution in [0, 0.1) is 0 Å². The van der Waals surface area contributed by atoms with Gasteiger partial charge < -0.3 is 38.7 Å². The molecule has 0 aliphatic carbocycles. The van der Waals surface area contributed by atoms with Crippen molar-refractivity contribution in [2.75, 3.05) is 19.8 Å². The van der Waals surface area contributed by atoms with Crippen LogP contribution in [0.2, 0.25) is 0 Å². The van der Waals surface area contributed by atoms with Crippen LogP contribution in [0.15, 0.2) is 0 Å². The molecule has 0 aromatic rings. The van der Waals surface area contributed by atoms with E-state index in [2.05, 4.69) is 0 Å². The van der Waals surface area contributed by atoms with Gasteiger partial charge in [0.15, 0.2) is 0 Å². The number of aliphatic hydroxyl groups excluding tert-OH is 3. The highest BCUT2D eigenvalue weighted by molar-refractivity contribution is 6.50. The normalized spacial score (nSPS) is 7.60. The maximum absolute atomic E-state index is 9.75. The summed E-state index contributed by atoms with van der Waals surface area (Å²) in [7, 11) is -6.00. The molecule has 15 heavy (non-hydrogen) atoms. The van der Waals surface area contributed by atoms with Crippen LogP contribution in [0.1, 0.15) is 20.8 Å². The minimum atomic E-state index is -6.00. The molecule has 0 spiro atoms. The number of quaternary nitrogens is 1. The van der Waals surface area contributed by atoms with Crippen molar-refractivity contribution in [3.8, 4) is 0 Å². The van der Waals surface area contributed by atoms with E-state index in [1.807, 2.05) is 0 Å². The largest absolute Gasteiger partial charge is 0.673 e. The second-order valence-corrected chi connectivity index (χ2v) is 1.44. The summed E-state index contributed by atoms with van der Waals surface area (Å²) in [6, 6.07) is 0. The zero-order valence-electron chi connectivity index (χ0n) is 9.55. The Hall–Kier alpha value is -0.375. The van der Waals surface area contributed by atoms with Crippen LogP contribution >= 0.6 is 0 Å². The summed E-state index contributed by atoms with van der Waals surface area (Å²) in [5.74, 6) is 0. The maximum atomic E-state index is 9.75. The molecule has 0 aliphatic rings. The molecule has 0 heterocycles. The molecule has 9 heteroatoms. The van der Waals surface area contributed by atoms with Crippen molar-refractivity contribution < 1.29 is 32.6 Å². The minimum absolute atomic E-state index is 0. The summed E-state index contributed by atoms with van der Waals surface area (Å²) in [5.41, 5.74) is 0. The van der Waals surface area contributed by atoms with E-state index in [0.717, 1.165) is 0 Å². The summed E-state index contributed by atoms with van der Waals surface area (Å²) in [6.07, 6.45) is 0. The minimum Gasteiger partial charge on any atom is -0.418 e. The second-order valence-electron chi connectivity index (χ2n) is 1.44. The molecule has 0 saturated carbocycles. The fourth-order valence-electron chi connectivity index (χ4n) is 0. The number of hydrogen-bond donors (Lipinski definition) is 4. The van der Waals surface area contributed by atoms with Gasteiger partial charge in [-0.1, -0.05) is 0 Å². The van der Waals surface area contributed by atoms with E-state index >= 15 is 0 Å². The quantitative estimate of drug-likeness (QED) is 0.384. The van der Waals surface area contributed by atoms with Crippen molar-refractivity contribution in [1.82, 2.24) is 6.15 Å². The maximum Gasteiger partial charge on any atom is 0.673 e. The van der Waals surface area contributed by atoms with Crippen molar-refractivity contribution in [3.63, 3.8) is 0 Å². The first-order valence-corrected chi connectivity index (χ1v) is 3.94. The van der Waals surface area contributed by atoms with Crippen molar-refractivity contribution in [2.24, 2.45) is 0 Å². The van der Waals surface area contributed by atoms with Crippen LogP contribution in [0.5, 0.6) is 0 Å². The van der Waals surface area contributed by atoms with Gasteiger partial charge in [-0.25, -0.2) is 0 Å². The predicted octanol–water partition coefficient (Wildman–Crippen LogP) is 1.67. The number of halogens is 4. The van der Waals surface area contributed by atoms with Crippen LogP contribution in [0.4, 0.5) is 17.3 Å². The lowest BCUT2D eigenvalue weighted by Crippen LogP contribution is -2.02. The Morgan fingerprint density at radius 3 is 0.733 bits per heavy atom. The lowest BCUT2D eigenvalue weighted by molar-refractivity contribution is 0.318. The fraction of sp³-hybridized carbons (Fsp3) is 1.00. The standard InChI is InChI=1S/3C2H6O.BF4.H3N/c3*1-2-3;2-1(3,4)5;/h3*3H,2H2,1H3;;1H3/q;;;-1;/p+1. The van der Waals surface area contributed by atoms with E-state index in [4.69, 9.17) is 15.3 Å². The Labute approximate surface area is 87.6 Å². The van der Waals surface area contributed by atoms with Crippen LogP contribution in [-0.2, 0) is 0 Å².